The van der Waals surface area contributed by atoms with Gasteiger partial charge in [-0.1, -0.05) is 6.92 Å². The van der Waals surface area contributed by atoms with E-state index in [0.717, 1.165) is 6.54 Å². The van der Waals surface area contributed by atoms with Gasteiger partial charge in [-0.15, -0.1) is 0 Å². The van der Waals surface area contributed by atoms with Crippen LogP contribution in [0.4, 0.5) is 5.95 Å². The zero-order valence-corrected chi connectivity index (χ0v) is 8.58. The first-order valence-corrected chi connectivity index (χ1v) is 4.82. The molecule has 4 nitrogen and oxygen atoms in total. The first-order chi connectivity index (χ1) is 6.72. The zero-order valence-electron chi connectivity index (χ0n) is 8.58. The summed E-state index contributed by atoms with van der Waals surface area (Å²) in [4.78, 5) is 8.27. The molecule has 1 fully saturated rings. The Morgan fingerprint density at radius 1 is 1.43 bits per heavy atom. The predicted octanol–water partition coefficient (Wildman–Crippen LogP) is 1.70. The number of aromatic nitrogens is 2. The molecule has 0 saturated heterocycles. The van der Waals surface area contributed by atoms with Crippen LogP contribution < -0.4 is 10.1 Å². The standard InChI is InChI=1S/C10H15N3O/c1-10(3-4-10)7-13-9-11-5-8(14-2)6-12-9/h5-6H,3-4,7H2,1-2H3,(H,11,12,13). The Balaban J connectivity index is 1.89. The minimum Gasteiger partial charge on any atom is -0.494 e. The van der Waals surface area contributed by atoms with Crippen molar-refractivity contribution in [1.29, 1.82) is 0 Å². The highest BCUT2D eigenvalue weighted by Crippen LogP contribution is 2.44. The molecular weight excluding hydrogens is 178 g/mol. The molecule has 0 atom stereocenters. The zero-order chi connectivity index (χ0) is 10.0. The maximum Gasteiger partial charge on any atom is 0.222 e. The Morgan fingerprint density at radius 3 is 2.57 bits per heavy atom. The molecule has 1 aliphatic rings. The Bertz CT molecular complexity index is 306. The fourth-order valence-corrected chi connectivity index (χ4v) is 1.20. The number of nitrogens with one attached hydrogen (secondary N) is 1. The molecule has 1 heterocycles. The van der Waals surface area contributed by atoms with Gasteiger partial charge in [0, 0.05) is 6.54 Å². The Labute approximate surface area is 83.7 Å². The van der Waals surface area contributed by atoms with E-state index in [1.807, 2.05) is 0 Å². The first-order valence-electron chi connectivity index (χ1n) is 4.82. The quantitative estimate of drug-likeness (QED) is 0.790. The molecule has 1 aromatic heterocycles. The van der Waals surface area contributed by atoms with E-state index in [0.29, 0.717) is 17.1 Å². The smallest absolute Gasteiger partial charge is 0.222 e. The van der Waals surface area contributed by atoms with Crippen LogP contribution in [0.15, 0.2) is 12.4 Å². The van der Waals surface area contributed by atoms with E-state index >= 15 is 0 Å². The maximum absolute atomic E-state index is 4.97. The highest BCUT2D eigenvalue weighted by atomic mass is 16.5. The summed E-state index contributed by atoms with van der Waals surface area (Å²) in [6.45, 7) is 3.23. The van der Waals surface area contributed by atoms with Gasteiger partial charge in [0.2, 0.25) is 5.95 Å². The van der Waals surface area contributed by atoms with Gasteiger partial charge in [0.25, 0.3) is 0 Å². The number of methoxy groups -OCH3 is 1. The molecule has 0 bridgehead atoms. The molecule has 2 rings (SSSR count). The molecule has 1 saturated carbocycles. The van der Waals surface area contributed by atoms with E-state index in [4.69, 9.17) is 4.74 Å². The van der Waals surface area contributed by atoms with Crippen molar-refractivity contribution in [1.82, 2.24) is 9.97 Å². The molecule has 14 heavy (non-hydrogen) atoms. The van der Waals surface area contributed by atoms with Crippen molar-refractivity contribution >= 4 is 5.95 Å². The van der Waals surface area contributed by atoms with Crippen molar-refractivity contribution in [2.45, 2.75) is 19.8 Å². The van der Waals surface area contributed by atoms with Crippen molar-refractivity contribution in [2.24, 2.45) is 5.41 Å². The van der Waals surface area contributed by atoms with Gasteiger partial charge in [-0.3, -0.25) is 0 Å². The summed E-state index contributed by atoms with van der Waals surface area (Å²) in [5.74, 6) is 1.37. The van der Waals surface area contributed by atoms with E-state index in [1.54, 1.807) is 19.5 Å². The Hall–Kier alpha value is -1.32. The molecule has 1 N–H and O–H groups in total. The molecule has 1 aliphatic carbocycles. The summed E-state index contributed by atoms with van der Waals surface area (Å²) in [5.41, 5.74) is 0.475. The van der Waals surface area contributed by atoms with Crippen LogP contribution in [0.2, 0.25) is 0 Å². The molecule has 0 spiro atoms. The topological polar surface area (TPSA) is 47.0 Å². The molecule has 0 unspecified atom stereocenters. The van der Waals surface area contributed by atoms with Crippen molar-refractivity contribution in [3.05, 3.63) is 12.4 Å². The maximum atomic E-state index is 4.97. The van der Waals surface area contributed by atoms with Gasteiger partial charge in [-0.25, -0.2) is 9.97 Å². The molecule has 0 amide bonds. The van der Waals surface area contributed by atoms with Crippen molar-refractivity contribution < 1.29 is 4.74 Å². The van der Waals surface area contributed by atoms with Crippen LogP contribution in [0.1, 0.15) is 19.8 Å². The van der Waals surface area contributed by atoms with Crippen LogP contribution >= 0.6 is 0 Å². The summed E-state index contributed by atoms with van der Waals surface area (Å²) in [7, 11) is 1.61. The number of hydrogen-bond donors (Lipinski definition) is 1. The average Bonchev–Trinajstić information content (AvgIpc) is 2.95. The Morgan fingerprint density at radius 2 is 2.07 bits per heavy atom. The molecule has 76 valence electrons. The fourth-order valence-electron chi connectivity index (χ4n) is 1.20. The van der Waals surface area contributed by atoms with Gasteiger partial charge in [-0.2, -0.15) is 0 Å². The molecule has 0 aromatic carbocycles. The number of hydrogen-bond acceptors (Lipinski definition) is 4. The lowest BCUT2D eigenvalue weighted by Gasteiger charge is -2.09. The largest absolute Gasteiger partial charge is 0.494 e. The minimum absolute atomic E-state index is 0.475. The third-order valence-electron chi connectivity index (χ3n) is 2.64. The average molecular weight is 193 g/mol. The molecule has 4 heteroatoms. The van der Waals surface area contributed by atoms with Crippen molar-refractivity contribution in [2.75, 3.05) is 19.0 Å². The number of rotatable bonds is 4. The summed E-state index contributed by atoms with van der Waals surface area (Å²) in [6, 6.07) is 0. The second-order valence-electron chi connectivity index (χ2n) is 4.11. The summed E-state index contributed by atoms with van der Waals surface area (Å²) < 4.78 is 4.97. The highest BCUT2D eigenvalue weighted by molar-refractivity contribution is 5.27. The second kappa shape index (κ2) is 3.44. The van der Waals surface area contributed by atoms with Crippen LogP contribution in [-0.2, 0) is 0 Å². The normalized spacial score (nSPS) is 17.6. The van der Waals surface area contributed by atoms with E-state index in [2.05, 4.69) is 22.2 Å². The second-order valence-corrected chi connectivity index (χ2v) is 4.11. The molecular formula is C10H15N3O. The third kappa shape index (κ3) is 2.13. The SMILES string of the molecule is COc1cnc(NCC2(C)CC2)nc1. The highest BCUT2D eigenvalue weighted by Gasteiger charge is 2.36. The predicted molar refractivity (Wildman–Crippen MR) is 54.4 cm³/mol. The molecule has 1 aromatic rings. The third-order valence-corrected chi connectivity index (χ3v) is 2.64. The van der Waals surface area contributed by atoms with Gasteiger partial charge in [0.05, 0.1) is 19.5 Å². The lowest BCUT2D eigenvalue weighted by molar-refractivity contribution is 0.411. The summed E-state index contributed by atoms with van der Waals surface area (Å²) in [6.07, 6.45) is 5.95. The van der Waals surface area contributed by atoms with E-state index in [1.165, 1.54) is 12.8 Å². The van der Waals surface area contributed by atoms with Gasteiger partial charge in [0.1, 0.15) is 0 Å². The van der Waals surface area contributed by atoms with E-state index in [9.17, 15) is 0 Å². The number of nitrogens with zero attached hydrogens (tertiary/aromatic N) is 2. The van der Waals surface area contributed by atoms with E-state index < -0.39 is 0 Å². The lowest BCUT2D eigenvalue weighted by Crippen LogP contribution is -2.13. The van der Waals surface area contributed by atoms with Gasteiger partial charge < -0.3 is 10.1 Å². The summed E-state index contributed by atoms with van der Waals surface area (Å²) >= 11 is 0. The fraction of sp³-hybridized carbons (Fsp3) is 0.600. The first kappa shape index (κ1) is 9.24. The van der Waals surface area contributed by atoms with Crippen molar-refractivity contribution in [3.8, 4) is 5.75 Å². The Kier molecular flexibility index (Phi) is 2.27. The monoisotopic (exact) mass is 193 g/mol. The number of anilines is 1. The molecule has 0 radical (unpaired) electrons. The van der Waals surface area contributed by atoms with Crippen LogP contribution in [0.25, 0.3) is 0 Å². The van der Waals surface area contributed by atoms with Crippen LogP contribution in [0.3, 0.4) is 0 Å². The van der Waals surface area contributed by atoms with Crippen LogP contribution in [0, 0.1) is 5.41 Å². The van der Waals surface area contributed by atoms with Crippen LogP contribution in [-0.4, -0.2) is 23.6 Å². The van der Waals surface area contributed by atoms with Gasteiger partial charge in [-0.05, 0) is 18.3 Å². The van der Waals surface area contributed by atoms with E-state index in [-0.39, 0.29) is 0 Å². The minimum atomic E-state index is 0.475. The summed E-state index contributed by atoms with van der Waals surface area (Å²) in [5, 5.41) is 3.22. The lowest BCUT2D eigenvalue weighted by atomic mass is 10.1. The van der Waals surface area contributed by atoms with Crippen LogP contribution in [0.5, 0.6) is 5.75 Å². The molecule has 0 aliphatic heterocycles. The van der Waals surface area contributed by atoms with Gasteiger partial charge in [0.15, 0.2) is 5.75 Å². The van der Waals surface area contributed by atoms with Crippen molar-refractivity contribution in [3.63, 3.8) is 0 Å². The van der Waals surface area contributed by atoms with Gasteiger partial charge >= 0.3 is 0 Å². The number of ether oxygens (including phenoxy) is 1.